The van der Waals surface area contributed by atoms with Crippen molar-refractivity contribution in [3.63, 3.8) is 0 Å². The van der Waals surface area contributed by atoms with Gasteiger partial charge in [0.15, 0.2) is 0 Å². The third kappa shape index (κ3) is 4.96. The number of hydrogen-bond acceptors (Lipinski definition) is 5. The summed E-state index contributed by atoms with van der Waals surface area (Å²) in [6.45, 7) is 4.99. The minimum atomic E-state index is -0.702. The predicted molar refractivity (Wildman–Crippen MR) is 142 cm³/mol. The number of amides is 1. The summed E-state index contributed by atoms with van der Waals surface area (Å²) in [6, 6.07) is 22.0. The van der Waals surface area contributed by atoms with Gasteiger partial charge in [0.05, 0.1) is 18.2 Å². The maximum absolute atomic E-state index is 13.4. The third-order valence-electron chi connectivity index (χ3n) is 6.86. The normalized spacial score (nSPS) is 20.1. The maximum Gasteiger partial charge on any atom is 0.295 e. The lowest BCUT2D eigenvalue weighted by molar-refractivity contribution is -0.139. The number of aliphatic hydroxyl groups is 1. The van der Waals surface area contributed by atoms with Crippen LogP contribution >= 0.6 is 0 Å². The molecule has 2 aliphatic rings. The van der Waals surface area contributed by atoms with Crippen LogP contribution in [0, 0.1) is 0 Å². The molecule has 2 atom stereocenters. The largest absolute Gasteiger partial charge is 0.507 e. The van der Waals surface area contributed by atoms with Crippen LogP contribution in [0.15, 0.2) is 78.4 Å². The monoisotopic (exact) mass is 497 g/mol. The first-order chi connectivity index (χ1) is 18.0. The molecule has 0 unspecified atom stereocenters. The van der Waals surface area contributed by atoms with E-state index in [1.54, 1.807) is 11.0 Å². The van der Waals surface area contributed by atoms with Crippen molar-refractivity contribution in [3.8, 4) is 11.5 Å². The molecule has 5 rings (SSSR count). The number of fused-ring (bicyclic) bond motifs is 1. The van der Waals surface area contributed by atoms with Crippen LogP contribution in [0.5, 0.6) is 11.5 Å². The lowest BCUT2D eigenvalue weighted by atomic mass is 9.94. The fourth-order valence-corrected chi connectivity index (χ4v) is 5.04. The van der Waals surface area contributed by atoms with Crippen LogP contribution in [0.1, 0.15) is 48.6 Å². The van der Waals surface area contributed by atoms with Gasteiger partial charge in [0.1, 0.15) is 23.4 Å². The second-order valence-electron chi connectivity index (χ2n) is 9.60. The number of carbonyl (C=O) groups is 2. The minimum absolute atomic E-state index is 0.0596. The summed E-state index contributed by atoms with van der Waals surface area (Å²) in [5.74, 6) is 0.0595. The number of aliphatic hydroxyl groups excluding tert-OH is 1. The Kier molecular flexibility index (Phi) is 6.99. The zero-order chi connectivity index (χ0) is 25.9. The number of ketones is 1. The van der Waals surface area contributed by atoms with E-state index in [1.165, 1.54) is 0 Å². The van der Waals surface area contributed by atoms with Crippen molar-refractivity contribution < 1.29 is 24.2 Å². The summed E-state index contributed by atoms with van der Waals surface area (Å²) in [7, 11) is 0. The predicted octanol–water partition coefficient (Wildman–Crippen LogP) is 5.46. The van der Waals surface area contributed by atoms with Gasteiger partial charge in [0.25, 0.3) is 11.7 Å². The summed E-state index contributed by atoms with van der Waals surface area (Å²) < 4.78 is 11.5. The molecule has 1 saturated heterocycles. The molecule has 0 aliphatic carbocycles. The molecule has 1 fully saturated rings. The molecule has 0 bridgehead atoms. The van der Waals surface area contributed by atoms with Crippen LogP contribution in [-0.4, -0.2) is 41.0 Å². The first-order valence-electron chi connectivity index (χ1n) is 12.8. The lowest BCUT2D eigenvalue weighted by Gasteiger charge is -2.25. The zero-order valence-electron chi connectivity index (χ0n) is 21.1. The quantitative estimate of drug-likeness (QED) is 0.254. The van der Waals surface area contributed by atoms with E-state index < -0.39 is 17.7 Å². The number of benzene rings is 3. The van der Waals surface area contributed by atoms with Crippen molar-refractivity contribution in [2.45, 2.75) is 45.3 Å². The van der Waals surface area contributed by atoms with E-state index >= 15 is 0 Å². The highest BCUT2D eigenvalue weighted by Gasteiger charge is 2.46. The molecule has 3 aromatic carbocycles. The molecular weight excluding hydrogens is 466 g/mol. The molecule has 6 nitrogen and oxygen atoms in total. The number of Topliss-reactive ketones (excluding diaryl/α,β-unsaturated/α-hetero) is 1. The molecule has 0 saturated carbocycles. The molecule has 0 radical (unpaired) electrons. The Labute approximate surface area is 217 Å². The van der Waals surface area contributed by atoms with E-state index in [2.05, 4.69) is 0 Å². The molecule has 6 heteroatoms. The van der Waals surface area contributed by atoms with Gasteiger partial charge in [-0.25, -0.2) is 0 Å². The topological polar surface area (TPSA) is 76.1 Å². The van der Waals surface area contributed by atoms with Gasteiger partial charge >= 0.3 is 0 Å². The Hall–Kier alpha value is -4.06. The van der Waals surface area contributed by atoms with Crippen LogP contribution in [0.4, 0.5) is 0 Å². The highest BCUT2D eigenvalue weighted by molar-refractivity contribution is 6.46. The molecule has 0 spiro atoms. The fraction of sp³-hybridized carbons (Fsp3) is 0.290. The molecule has 1 N–H and O–H groups in total. The van der Waals surface area contributed by atoms with E-state index in [9.17, 15) is 14.7 Å². The van der Waals surface area contributed by atoms with E-state index in [0.29, 0.717) is 25.1 Å². The Balaban J connectivity index is 1.54. The van der Waals surface area contributed by atoms with Gasteiger partial charge in [-0.2, -0.15) is 0 Å². The molecule has 3 aromatic rings. The van der Waals surface area contributed by atoms with Crippen molar-refractivity contribution in [2.24, 2.45) is 0 Å². The molecular formula is C31H31NO5. The average Bonchev–Trinajstić information content (AvgIpc) is 3.42. The molecule has 37 heavy (non-hydrogen) atoms. The number of rotatable bonds is 8. The molecule has 1 amide bonds. The number of likely N-dealkylation sites (tertiary alicyclic amines) is 1. The molecule has 0 aromatic heterocycles. The van der Waals surface area contributed by atoms with E-state index in [0.717, 1.165) is 41.0 Å². The van der Waals surface area contributed by atoms with Crippen molar-refractivity contribution in [1.29, 1.82) is 0 Å². The number of carbonyl (C=O) groups excluding carboxylic acids is 2. The van der Waals surface area contributed by atoms with E-state index in [4.69, 9.17) is 9.47 Å². The fourth-order valence-electron chi connectivity index (χ4n) is 5.04. The van der Waals surface area contributed by atoms with Crippen LogP contribution < -0.4 is 9.47 Å². The third-order valence-corrected chi connectivity index (χ3v) is 6.86. The minimum Gasteiger partial charge on any atom is -0.507 e. The number of hydrogen-bond donors (Lipinski definition) is 1. The van der Waals surface area contributed by atoms with Crippen LogP contribution in [0.3, 0.4) is 0 Å². The van der Waals surface area contributed by atoms with Gasteiger partial charge < -0.3 is 19.5 Å². The van der Waals surface area contributed by atoms with Gasteiger partial charge in [-0.3, -0.25) is 9.59 Å². The van der Waals surface area contributed by atoms with Crippen molar-refractivity contribution in [3.05, 3.63) is 101 Å². The van der Waals surface area contributed by atoms with E-state index in [1.807, 2.05) is 80.6 Å². The average molecular weight is 498 g/mol. The van der Waals surface area contributed by atoms with Gasteiger partial charge in [0, 0.05) is 18.5 Å². The van der Waals surface area contributed by atoms with Crippen LogP contribution in [-0.2, 0) is 22.4 Å². The van der Waals surface area contributed by atoms with Crippen molar-refractivity contribution in [2.75, 3.05) is 13.2 Å². The first kappa shape index (κ1) is 24.6. The highest BCUT2D eigenvalue weighted by Crippen LogP contribution is 2.41. The maximum atomic E-state index is 13.4. The lowest BCUT2D eigenvalue weighted by Crippen LogP contribution is -2.31. The summed E-state index contributed by atoms with van der Waals surface area (Å²) in [5.41, 5.74) is 3.40. The summed E-state index contributed by atoms with van der Waals surface area (Å²) in [6.07, 6.45) is 2.27. The van der Waals surface area contributed by atoms with E-state index in [-0.39, 0.29) is 17.4 Å². The van der Waals surface area contributed by atoms with Gasteiger partial charge in [-0.05, 0) is 66.8 Å². The smallest absolute Gasteiger partial charge is 0.295 e. The second kappa shape index (κ2) is 10.5. The van der Waals surface area contributed by atoms with Crippen LogP contribution in [0.2, 0.25) is 0 Å². The molecule has 2 heterocycles. The van der Waals surface area contributed by atoms with Gasteiger partial charge in [0.2, 0.25) is 0 Å². The van der Waals surface area contributed by atoms with Crippen LogP contribution in [0.25, 0.3) is 5.76 Å². The van der Waals surface area contributed by atoms with Crippen molar-refractivity contribution in [1.82, 2.24) is 4.90 Å². The number of ether oxygens (including phenoxy) is 2. The van der Waals surface area contributed by atoms with Crippen molar-refractivity contribution >= 4 is 17.4 Å². The Bertz CT molecular complexity index is 1330. The Morgan fingerprint density at radius 2 is 1.81 bits per heavy atom. The number of nitrogens with zero attached hydrogens (tertiary/aromatic N) is 1. The second-order valence-corrected chi connectivity index (χ2v) is 9.60. The first-order valence-corrected chi connectivity index (χ1v) is 12.8. The summed E-state index contributed by atoms with van der Waals surface area (Å²) >= 11 is 0. The Morgan fingerprint density at radius 3 is 2.54 bits per heavy atom. The van der Waals surface area contributed by atoms with Gasteiger partial charge in [-0.1, -0.05) is 49.4 Å². The molecule has 2 aliphatic heterocycles. The standard InChI is InChI=1S/C31H31NO5/c1-3-17-36-25-12-9-22(10-13-25)28-27(29(33)23-11-14-26-24(19-23)18-20(2)37-26)30(34)31(35)32(28)16-15-21-7-5-4-6-8-21/h4-14,19-20,28,33H,3,15-18H2,1-2H3/b29-27+/t20-,28-/m1/s1. The summed E-state index contributed by atoms with van der Waals surface area (Å²) in [5, 5.41) is 11.4. The van der Waals surface area contributed by atoms with Gasteiger partial charge in [-0.15, -0.1) is 0 Å². The zero-order valence-corrected chi connectivity index (χ0v) is 21.1. The summed E-state index contributed by atoms with van der Waals surface area (Å²) in [4.78, 5) is 28.2. The molecule has 190 valence electrons. The Morgan fingerprint density at radius 1 is 1.05 bits per heavy atom. The highest BCUT2D eigenvalue weighted by atomic mass is 16.5. The SMILES string of the molecule is CCCOc1ccc([C@@H]2/C(=C(\O)c3ccc4c(c3)C[C@@H](C)O4)C(=O)C(=O)N2CCc2ccccc2)cc1.